The molecule has 0 saturated carbocycles. The van der Waals surface area contributed by atoms with Gasteiger partial charge in [0.25, 0.3) is 5.91 Å². The van der Waals surface area contributed by atoms with E-state index in [-0.39, 0.29) is 11.7 Å². The Morgan fingerprint density at radius 2 is 1.92 bits per heavy atom. The molecule has 2 aromatic carbocycles. The van der Waals surface area contributed by atoms with Crippen LogP contribution in [-0.4, -0.2) is 24.3 Å². The predicted octanol–water partition coefficient (Wildman–Crippen LogP) is 7.47. The van der Waals surface area contributed by atoms with Crippen molar-refractivity contribution in [2.75, 3.05) is 12.4 Å². The molecule has 1 heterocycles. The first kappa shape index (κ1) is 25.7. The summed E-state index contributed by atoms with van der Waals surface area (Å²) >= 11 is 1.62. The third kappa shape index (κ3) is 5.71. The standard InChI is InChI=1S/C30H34N2O3S/c1-5-10-22-16-21(17-25(35-4)28(22)33)18-31-30-27(24-11-8-6-7-9-12-26(24)36-30)29(34)32-23-14-13-19(2)20(3)15-23/h5,13-18,33H,1,6-12H2,2-4H3,(H,32,34). The minimum absolute atomic E-state index is 0.112. The van der Waals surface area contributed by atoms with Gasteiger partial charge in [-0.05, 0) is 92.5 Å². The number of phenolic OH excluding ortho intramolecular Hbond substituents is 1. The SMILES string of the molecule is C=CCc1cc(C=Nc2sc3c(c2C(=O)Nc2ccc(C)c(C)c2)CCCCCC3)cc(OC)c1O. The number of benzene rings is 2. The number of hydrogen-bond donors (Lipinski definition) is 2. The lowest BCUT2D eigenvalue weighted by Gasteiger charge is -2.12. The van der Waals surface area contributed by atoms with Crippen LogP contribution < -0.4 is 10.1 Å². The van der Waals surface area contributed by atoms with Crippen LogP contribution in [0.15, 0.2) is 48.0 Å². The number of methoxy groups -OCH3 is 1. The first-order chi connectivity index (χ1) is 17.4. The number of allylic oxidation sites excluding steroid dienone is 1. The quantitative estimate of drug-likeness (QED) is 0.260. The van der Waals surface area contributed by atoms with Crippen LogP contribution in [0.2, 0.25) is 0 Å². The molecule has 1 aliphatic rings. The Bertz CT molecular complexity index is 1310. The normalized spacial score (nSPS) is 13.6. The molecule has 3 aromatic rings. The molecule has 0 fully saturated rings. The highest BCUT2D eigenvalue weighted by Gasteiger charge is 2.24. The van der Waals surface area contributed by atoms with Crippen molar-refractivity contribution in [3.8, 4) is 11.5 Å². The van der Waals surface area contributed by atoms with Gasteiger partial charge in [-0.3, -0.25) is 4.79 Å². The molecule has 0 saturated heterocycles. The van der Waals surface area contributed by atoms with Crippen LogP contribution in [0.3, 0.4) is 0 Å². The van der Waals surface area contributed by atoms with Crippen LogP contribution in [0.1, 0.15) is 68.7 Å². The van der Waals surface area contributed by atoms with Crippen molar-refractivity contribution in [1.82, 2.24) is 0 Å². The topological polar surface area (TPSA) is 70.9 Å². The third-order valence-corrected chi connectivity index (χ3v) is 7.94. The van der Waals surface area contributed by atoms with Gasteiger partial charge in [0.2, 0.25) is 0 Å². The molecule has 1 aliphatic carbocycles. The Kier molecular flexibility index (Phi) is 8.26. The number of hydrogen-bond acceptors (Lipinski definition) is 5. The lowest BCUT2D eigenvalue weighted by atomic mass is 9.96. The highest BCUT2D eigenvalue weighted by atomic mass is 32.1. The summed E-state index contributed by atoms with van der Waals surface area (Å²) in [5, 5.41) is 14.3. The molecule has 0 aliphatic heterocycles. The number of carbonyl (C=O) groups excluding carboxylic acids is 1. The summed E-state index contributed by atoms with van der Waals surface area (Å²) in [6.07, 6.45) is 10.5. The Morgan fingerprint density at radius 3 is 2.64 bits per heavy atom. The Balaban J connectivity index is 1.73. The fourth-order valence-corrected chi connectivity index (χ4v) is 5.84. The molecule has 0 bridgehead atoms. The second kappa shape index (κ2) is 11.6. The fourth-order valence-electron chi connectivity index (χ4n) is 4.61. The number of carbonyl (C=O) groups is 1. The van der Waals surface area contributed by atoms with Gasteiger partial charge in [-0.2, -0.15) is 0 Å². The number of aromatic hydroxyl groups is 1. The Morgan fingerprint density at radius 1 is 1.14 bits per heavy atom. The smallest absolute Gasteiger partial charge is 0.259 e. The van der Waals surface area contributed by atoms with E-state index in [1.165, 1.54) is 30.4 Å². The molecule has 2 N–H and O–H groups in total. The average Bonchev–Trinajstić information content (AvgIpc) is 3.18. The van der Waals surface area contributed by atoms with E-state index in [0.717, 1.165) is 58.6 Å². The van der Waals surface area contributed by atoms with Crippen LogP contribution in [0, 0.1) is 13.8 Å². The molecule has 0 radical (unpaired) electrons. The van der Waals surface area contributed by atoms with E-state index in [0.29, 0.717) is 17.7 Å². The predicted molar refractivity (Wildman–Crippen MR) is 150 cm³/mol. The number of aliphatic imine (C=N–C) groups is 1. The van der Waals surface area contributed by atoms with Gasteiger partial charge in [-0.15, -0.1) is 17.9 Å². The molecule has 4 rings (SSSR count). The number of aryl methyl sites for hydroxylation is 3. The fraction of sp³-hybridized carbons (Fsp3) is 0.333. The summed E-state index contributed by atoms with van der Waals surface area (Å²) in [6, 6.07) is 9.62. The van der Waals surface area contributed by atoms with Crippen LogP contribution in [0.4, 0.5) is 10.7 Å². The summed E-state index contributed by atoms with van der Waals surface area (Å²) in [5.41, 5.74) is 6.47. The first-order valence-electron chi connectivity index (χ1n) is 12.5. The van der Waals surface area contributed by atoms with Gasteiger partial charge < -0.3 is 15.2 Å². The zero-order valence-electron chi connectivity index (χ0n) is 21.3. The summed E-state index contributed by atoms with van der Waals surface area (Å²) in [4.78, 5) is 19.7. The largest absolute Gasteiger partial charge is 0.504 e. The summed E-state index contributed by atoms with van der Waals surface area (Å²) in [7, 11) is 1.53. The molecule has 36 heavy (non-hydrogen) atoms. The maximum atomic E-state index is 13.6. The summed E-state index contributed by atoms with van der Waals surface area (Å²) in [5.74, 6) is 0.392. The number of rotatable bonds is 7. The van der Waals surface area contributed by atoms with E-state index in [1.807, 2.05) is 31.2 Å². The third-order valence-electron chi connectivity index (χ3n) is 6.74. The van der Waals surface area contributed by atoms with Crippen molar-refractivity contribution >= 4 is 34.1 Å². The summed E-state index contributed by atoms with van der Waals surface area (Å²) < 4.78 is 5.36. The molecule has 0 unspecified atom stereocenters. The van der Waals surface area contributed by atoms with Gasteiger partial charge in [0.1, 0.15) is 5.00 Å². The maximum Gasteiger partial charge on any atom is 0.259 e. The van der Waals surface area contributed by atoms with Gasteiger partial charge in [0, 0.05) is 22.3 Å². The number of phenols is 1. The average molecular weight is 503 g/mol. The minimum Gasteiger partial charge on any atom is -0.504 e. The lowest BCUT2D eigenvalue weighted by molar-refractivity contribution is 0.102. The molecular weight excluding hydrogens is 468 g/mol. The van der Waals surface area contributed by atoms with Crippen molar-refractivity contribution in [3.05, 3.63) is 81.2 Å². The van der Waals surface area contributed by atoms with Crippen LogP contribution in [-0.2, 0) is 19.3 Å². The molecular formula is C30H34N2O3S. The zero-order valence-corrected chi connectivity index (χ0v) is 22.1. The molecule has 0 spiro atoms. The van der Waals surface area contributed by atoms with E-state index in [1.54, 1.807) is 29.7 Å². The molecule has 1 amide bonds. The number of ether oxygens (including phenoxy) is 1. The molecule has 0 atom stereocenters. The number of nitrogens with one attached hydrogen (secondary N) is 1. The highest BCUT2D eigenvalue weighted by Crippen LogP contribution is 2.40. The number of thiophene rings is 1. The van der Waals surface area contributed by atoms with Crippen molar-refractivity contribution in [2.45, 2.75) is 58.8 Å². The van der Waals surface area contributed by atoms with Crippen LogP contribution in [0.5, 0.6) is 11.5 Å². The molecule has 1 aromatic heterocycles. The Labute approximate surface area is 217 Å². The minimum atomic E-state index is -0.112. The molecule has 5 nitrogen and oxygen atoms in total. The van der Waals surface area contributed by atoms with Gasteiger partial charge in [-0.1, -0.05) is 25.0 Å². The van der Waals surface area contributed by atoms with E-state index in [4.69, 9.17) is 9.73 Å². The second-order valence-electron chi connectivity index (χ2n) is 9.33. The number of fused-ring (bicyclic) bond motifs is 1. The highest BCUT2D eigenvalue weighted by molar-refractivity contribution is 7.16. The second-order valence-corrected chi connectivity index (χ2v) is 10.4. The van der Waals surface area contributed by atoms with Crippen LogP contribution >= 0.6 is 11.3 Å². The van der Waals surface area contributed by atoms with Gasteiger partial charge >= 0.3 is 0 Å². The van der Waals surface area contributed by atoms with Crippen molar-refractivity contribution in [1.29, 1.82) is 0 Å². The zero-order chi connectivity index (χ0) is 25.7. The summed E-state index contributed by atoms with van der Waals surface area (Å²) in [6.45, 7) is 7.89. The number of anilines is 1. The number of nitrogens with zero attached hydrogens (tertiary/aromatic N) is 1. The van der Waals surface area contributed by atoms with Gasteiger partial charge in [-0.25, -0.2) is 4.99 Å². The van der Waals surface area contributed by atoms with Gasteiger partial charge in [0.05, 0.1) is 12.7 Å². The number of amides is 1. The van der Waals surface area contributed by atoms with Crippen molar-refractivity contribution < 1.29 is 14.6 Å². The maximum absolute atomic E-state index is 13.6. The molecule has 6 heteroatoms. The van der Waals surface area contributed by atoms with E-state index < -0.39 is 0 Å². The van der Waals surface area contributed by atoms with Gasteiger partial charge in [0.15, 0.2) is 11.5 Å². The first-order valence-corrected chi connectivity index (χ1v) is 13.3. The lowest BCUT2D eigenvalue weighted by Crippen LogP contribution is -2.14. The monoisotopic (exact) mass is 502 g/mol. The van der Waals surface area contributed by atoms with E-state index in [2.05, 4.69) is 18.8 Å². The van der Waals surface area contributed by atoms with Crippen molar-refractivity contribution in [3.63, 3.8) is 0 Å². The van der Waals surface area contributed by atoms with Crippen LogP contribution in [0.25, 0.3) is 0 Å². The van der Waals surface area contributed by atoms with Crippen molar-refractivity contribution in [2.24, 2.45) is 4.99 Å². The Hall–Kier alpha value is -3.38. The van der Waals surface area contributed by atoms with E-state index in [9.17, 15) is 9.90 Å². The molecule has 188 valence electrons. The van der Waals surface area contributed by atoms with E-state index >= 15 is 0 Å².